The first kappa shape index (κ1) is 16.9. The van der Waals surface area contributed by atoms with Gasteiger partial charge in [0.25, 0.3) is 5.91 Å². The lowest BCUT2D eigenvalue weighted by Crippen LogP contribution is -2.31. The summed E-state index contributed by atoms with van der Waals surface area (Å²) in [4.78, 5) is 18.7. The number of benzene rings is 3. The molecule has 0 aliphatic rings. The van der Waals surface area contributed by atoms with Gasteiger partial charge < -0.3 is 0 Å². The van der Waals surface area contributed by atoms with E-state index in [1.165, 1.54) is 10.6 Å². The van der Waals surface area contributed by atoms with Gasteiger partial charge in [0, 0.05) is 5.56 Å². The van der Waals surface area contributed by atoms with Crippen LogP contribution in [0.4, 0.5) is 5.69 Å². The molecule has 3 nitrogen and oxygen atoms in total. The van der Waals surface area contributed by atoms with E-state index < -0.39 is 0 Å². The molecule has 3 aromatic carbocycles. The summed E-state index contributed by atoms with van der Waals surface area (Å²) in [5, 5.41) is 1.39. The van der Waals surface area contributed by atoms with Crippen LogP contribution >= 0.6 is 0 Å². The van der Waals surface area contributed by atoms with Crippen LogP contribution in [-0.2, 0) is 11.3 Å². The number of carbonyl (C=O) groups excluding carboxylic acids is 1. The first-order valence-corrected chi connectivity index (χ1v) is 8.46. The van der Waals surface area contributed by atoms with Gasteiger partial charge in [0.05, 0.1) is 12.3 Å². The van der Waals surface area contributed by atoms with E-state index in [1.807, 2.05) is 66.7 Å². The van der Waals surface area contributed by atoms with Crippen molar-refractivity contribution in [2.75, 3.05) is 11.7 Å². The second-order valence-electron chi connectivity index (χ2n) is 5.72. The maximum Gasteiger partial charge on any atom is 0.282 e. The van der Waals surface area contributed by atoms with Crippen molar-refractivity contribution in [3.63, 3.8) is 0 Å². The number of nitrogens with zero attached hydrogens (tertiary/aromatic N) is 1. The summed E-state index contributed by atoms with van der Waals surface area (Å²) in [7, 11) is 0. The van der Waals surface area contributed by atoms with Crippen molar-refractivity contribution in [3.05, 3.63) is 102 Å². The standard InChI is InChI=1S/C22H21NO2/c24-22(20-14-6-2-7-15-20)23(21-16-8-3-9-17-21)25-18-10-13-19-11-4-1-5-12-19/h1-9,11-12,14-17H,10,13,18H2. The summed E-state index contributed by atoms with van der Waals surface area (Å²) in [5.41, 5.74) is 2.61. The summed E-state index contributed by atoms with van der Waals surface area (Å²) in [6.07, 6.45) is 1.76. The van der Waals surface area contributed by atoms with Crippen molar-refractivity contribution in [1.29, 1.82) is 0 Å². The zero-order valence-corrected chi connectivity index (χ0v) is 14.0. The Labute approximate surface area is 148 Å². The molecule has 3 heteroatoms. The molecule has 3 aromatic rings. The molecule has 0 N–H and O–H groups in total. The van der Waals surface area contributed by atoms with Gasteiger partial charge in [-0.15, -0.1) is 0 Å². The smallest absolute Gasteiger partial charge is 0.266 e. The fraction of sp³-hybridized carbons (Fsp3) is 0.136. The van der Waals surface area contributed by atoms with E-state index in [9.17, 15) is 4.79 Å². The molecule has 0 aliphatic heterocycles. The Bertz CT molecular complexity index is 773. The quantitative estimate of drug-likeness (QED) is 0.455. The van der Waals surface area contributed by atoms with Crippen molar-refractivity contribution in [3.8, 4) is 0 Å². The molecule has 3 rings (SSSR count). The average molecular weight is 331 g/mol. The lowest BCUT2D eigenvalue weighted by atomic mass is 10.1. The van der Waals surface area contributed by atoms with Gasteiger partial charge in [0.1, 0.15) is 0 Å². The SMILES string of the molecule is O=C(c1ccccc1)N(OCCCc1ccccc1)c1ccccc1. The van der Waals surface area contributed by atoms with Crippen molar-refractivity contribution in [2.45, 2.75) is 12.8 Å². The molecule has 126 valence electrons. The molecule has 0 radical (unpaired) electrons. The Morgan fingerprint density at radius 3 is 1.96 bits per heavy atom. The minimum atomic E-state index is -0.161. The maximum absolute atomic E-state index is 12.8. The van der Waals surface area contributed by atoms with Crippen molar-refractivity contribution < 1.29 is 9.63 Å². The third-order valence-electron chi connectivity index (χ3n) is 3.87. The molecule has 0 bridgehead atoms. The Kier molecular flexibility index (Phi) is 5.96. The van der Waals surface area contributed by atoms with Gasteiger partial charge in [-0.05, 0) is 42.7 Å². The lowest BCUT2D eigenvalue weighted by Gasteiger charge is -2.22. The van der Waals surface area contributed by atoms with E-state index >= 15 is 0 Å². The van der Waals surface area contributed by atoms with Gasteiger partial charge in [-0.3, -0.25) is 9.63 Å². The predicted octanol–water partition coefficient (Wildman–Crippen LogP) is 4.90. The highest BCUT2D eigenvalue weighted by atomic mass is 16.7. The molecule has 0 unspecified atom stereocenters. The number of para-hydroxylation sites is 1. The Morgan fingerprint density at radius 1 is 0.760 bits per heavy atom. The van der Waals surface area contributed by atoms with E-state index in [0.29, 0.717) is 12.2 Å². The molecule has 0 fully saturated rings. The van der Waals surface area contributed by atoms with Crippen LogP contribution < -0.4 is 5.06 Å². The molecule has 0 saturated carbocycles. The average Bonchev–Trinajstić information content (AvgIpc) is 2.70. The van der Waals surface area contributed by atoms with Crippen LogP contribution in [0.2, 0.25) is 0 Å². The molecule has 0 atom stereocenters. The third-order valence-corrected chi connectivity index (χ3v) is 3.87. The topological polar surface area (TPSA) is 29.5 Å². The summed E-state index contributed by atoms with van der Waals surface area (Å²) < 4.78 is 0. The predicted molar refractivity (Wildman–Crippen MR) is 100 cm³/mol. The van der Waals surface area contributed by atoms with Gasteiger partial charge in [-0.25, -0.2) is 0 Å². The number of aryl methyl sites for hydroxylation is 1. The molecule has 0 aliphatic carbocycles. The number of hydrogen-bond acceptors (Lipinski definition) is 2. The van der Waals surface area contributed by atoms with Gasteiger partial charge >= 0.3 is 0 Å². The molecule has 25 heavy (non-hydrogen) atoms. The first-order chi connectivity index (χ1) is 12.3. The normalized spacial score (nSPS) is 10.4. The Morgan fingerprint density at radius 2 is 1.32 bits per heavy atom. The zero-order valence-electron chi connectivity index (χ0n) is 14.0. The highest BCUT2D eigenvalue weighted by molar-refractivity contribution is 6.04. The van der Waals surface area contributed by atoms with Crippen LogP contribution in [0.25, 0.3) is 0 Å². The molecule has 0 spiro atoms. The molecule has 0 aromatic heterocycles. The van der Waals surface area contributed by atoms with Crippen molar-refractivity contribution in [1.82, 2.24) is 0 Å². The fourth-order valence-electron chi connectivity index (χ4n) is 2.59. The van der Waals surface area contributed by atoms with Crippen LogP contribution in [0.15, 0.2) is 91.0 Å². The Hall–Kier alpha value is -2.91. The first-order valence-electron chi connectivity index (χ1n) is 8.46. The van der Waals surface area contributed by atoms with E-state index in [4.69, 9.17) is 4.84 Å². The van der Waals surface area contributed by atoms with Gasteiger partial charge in [-0.2, -0.15) is 5.06 Å². The van der Waals surface area contributed by atoms with Crippen LogP contribution in [-0.4, -0.2) is 12.5 Å². The monoisotopic (exact) mass is 331 g/mol. The largest absolute Gasteiger partial charge is 0.282 e. The summed E-state index contributed by atoms with van der Waals surface area (Å²) in [6.45, 7) is 0.475. The Balaban J connectivity index is 1.66. The second kappa shape index (κ2) is 8.81. The fourth-order valence-corrected chi connectivity index (χ4v) is 2.59. The molecular formula is C22H21NO2. The number of carbonyl (C=O) groups is 1. The number of rotatable bonds is 7. The third kappa shape index (κ3) is 4.78. The summed E-state index contributed by atoms with van der Waals surface area (Å²) in [5.74, 6) is -0.161. The molecular weight excluding hydrogens is 310 g/mol. The molecule has 0 heterocycles. The second-order valence-corrected chi connectivity index (χ2v) is 5.72. The zero-order chi connectivity index (χ0) is 17.3. The number of hydroxylamine groups is 1. The van der Waals surface area contributed by atoms with Crippen molar-refractivity contribution >= 4 is 11.6 Å². The van der Waals surface area contributed by atoms with Gasteiger partial charge in [-0.1, -0.05) is 66.7 Å². The van der Waals surface area contributed by atoms with E-state index in [-0.39, 0.29) is 5.91 Å². The number of hydrogen-bond donors (Lipinski definition) is 0. The maximum atomic E-state index is 12.8. The van der Waals surface area contributed by atoms with Crippen LogP contribution in [0.3, 0.4) is 0 Å². The highest BCUT2D eigenvalue weighted by Gasteiger charge is 2.18. The van der Waals surface area contributed by atoms with Gasteiger partial charge in [0.2, 0.25) is 0 Å². The van der Waals surface area contributed by atoms with E-state index in [1.54, 1.807) is 12.1 Å². The van der Waals surface area contributed by atoms with Crippen LogP contribution in [0.5, 0.6) is 0 Å². The van der Waals surface area contributed by atoms with Gasteiger partial charge in [0.15, 0.2) is 0 Å². The molecule has 1 amide bonds. The van der Waals surface area contributed by atoms with E-state index in [0.717, 1.165) is 18.5 Å². The number of anilines is 1. The van der Waals surface area contributed by atoms with Crippen LogP contribution in [0, 0.1) is 0 Å². The summed E-state index contributed by atoms with van der Waals surface area (Å²) in [6, 6.07) is 28.9. The van der Waals surface area contributed by atoms with Crippen LogP contribution in [0.1, 0.15) is 22.3 Å². The minimum absolute atomic E-state index is 0.161. The number of amides is 1. The molecule has 0 saturated heterocycles. The highest BCUT2D eigenvalue weighted by Crippen LogP contribution is 2.18. The lowest BCUT2D eigenvalue weighted by molar-refractivity contribution is 0.0642. The van der Waals surface area contributed by atoms with Crippen molar-refractivity contribution in [2.24, 2.45) is 0 Å². The summed E-state index contributed by atoms with van der Waals surface area (Å²) >= 11 is 0. The van der Waals surface area contributed by atoms with E-state index in [2.05, 4.69) is 12.1 Å². The minimum Gasteiger partial charge on any atom is -0.266 e.